The van der Waals surface area contributed by atoms with Crippen molar-refractivity contribution >= 4 is 29.7 Å². The number of anilines is 1. The van der Waals surface area contributed by atoms with E-state index in [1.165, 1.54) is 12.7 Å². The van der Waals surface area contributed by atoms with E-state index < -0.39 is 24.3 Å². The number of carbonyl (C=O) groups excluding carboxylic acids is 3. The highest BCUT2D eigenvalue weighted by Crippen LogP contribution is 2.50. The van der Waals surface area contributed by atoms with Crippen molar-refractivity contribution in [2.75, 3.05) is 39.3 Å². The molecule has 3 saturated heterocycles. The molecule has 0 saturated carbocycles. The van der Waals surface area contributed by atoms with Crippen LogP contribution in [0.15, 0.2) is 85.2 Å². The van der Waals surface area contributed by atoms with Gasteiger partial charge in [0.15, 0.2) is 0 Å². The molecule has 5 N–H and O–H groups in total. The van der Waals surface area contributed by atoms with E-state index in [0.29, 0.717) is 24.7 Å². The number of ether oxygens (including phenoxy) is 3. The molecule has 0 radical (unpaired) electrons. The van der Waals surface area contributed by atoms with Crippen LogP contribution in [0, 0.1) is 11.8 Å². The van der Waals surface area contributed by atoms with E-state index in [-0.39, 0.29) is 65.4 Å². The van der Waals surface area contributed by atoms with Gasteiger partial charge in [-0.1, -0.05) is 109 Å². The predicted octanol–water partition coefficient (Wildman–Crippen LogP) is 9.10. The molecule has 3 aliphatic heterocycles. The Hall–Kier alpha value is -6.72. The summed E-state index contributed by atoms with van der Waals surface area (Å²) < 4.78 is 17.7. The van der Waals surface area contributed by atoms with Gasteiger partial charge in [-0.3, -0.25) is 9.59 Å². The average Bonchev–Trinajstić information content (AvgIpc) is 4.23. The molecule has 3 aromatic carbocycles. The molecule has 17 nitrogen and oxygen atoms in total. The lowest BCUT2D eigenvalue weighted by Gasteiger charge is -2.34. The van der Waals surface area contributed by atoms with Crippen molar-refractivity contribution in [1.82, 2.24) is 40.4 Å². The summed E-state index contributed by atoms with van der Waals surface area (Å²) in [7, 11) is 4.77. The smallest absolute Gasteiger partial charge is 0.407 e. The Morgan fingerprint density at radius 1 is 0.653 bits per heavy atom. The molecule has 3 aliphatic rings. The fourth-order valence-corrected chi connectivity index (χ4v) is 10.9. The monoisotopic (exact) mass is 986 g/mol. The van der Waals surface area contributed by atoms with E-state index in [9.17, 15) is 24.3 Å². The molecule has 4 amide bonds. The van der Waals surface area contributed by atoms with Crippen molar-refractivity contribution in [2.24, 2.45) is 11.8 Å². The number of carbonyl (C=O) groups is 4. The quantitative estimate of drug-likeness (QED) is 0.0669. The average molecular weight is 986 g/mol. The summed E-state index contributed by atoms with van der Waals surface area (Å²) in [5.41, 5.74) is 7.58. The molecular weight excluding hydrogens is 915 g/mol. The van der Waals surface area contributed by atoms with E-state index in [4.69, 9.17) is 24.2 Å². The lowest BCUT2D eigenvalue weighted by Crippen LogP contribution is -2.51. The summed E-state index contributed by atoms with van der Waals surface area (Å²) in [5, 5.41) is 14.6. The standard InChI is InChI=1S/C55H71N9O8/c1-31(2)43(60-53(67)68)51(65)62-27-11-13-41(62)49-56-29-39(58-49)33-15-19-35(20-16-33)45-47(70-8)48(71-9)46(64(45)38-25-23-37(24-26-38)55(5,6)7)36-21-17-34(18-22-36)40-30-57-50(59-40)42-14-12-28-63(42)52(66)44(32(3)4)61-54(69)72-10/h15-26,29-32,41-48,60H,11-14,27-28H2,1-10H3,(H,56,58)(H,57,59)(H,61,69)(H,67,68)/t41-,42-,43-,44-,45+,46+,47+,48+/m0/s1. The summed E-state index contributed by atoms with van der Waals surface area (Å²) in [6, 6.07) is 22.9. The molecule has 0 unspecified atom stereocenters. The van der Waals surface area contributed by atoms with E-state index in [0.717, 1.165) is 65.0 Å². The van der Waals surface area contributed by atoms with Crippen LogP contribution in [-0.4, -0.2) is 118 Å². The lowest BCUT2D eigenvalue weighted by atomic mass is 9.87. The molecule has 384 valence electrons. The SMILES string of the molecule is COC(=O)N[C@H](C(=O)N1CCC[C@H]1c1nc(-c2ccc([C@@H]3[C@@H](OC)[C@H](OC)[C@@H](c4ccc(-c5c[nH]c([C@@H]6CCCN6C(=O)[C@@H](NC(=O)O)C(C)C)n5)cc4)N3c3ccc(C(C)(C)C)cc3)cc2)c[nH]1)C(C)C. The minimum Gasteiger partial charge on any atom is -0.465 e. The maximum absolute atomic E-state index is 13.8. The number of aromatic amines is 2. The van der Waals surface area contributed by atoms with Gasteiger partial charge in [0.2, 0.25) is 11.8 Å². The lowest BCUT2D eigenvalue weighted by molar-refractivity contribution is -0.136. The number of hydrogen-bond donors (Lipinski definition) is 5. The maximum Gasteiger partial charge on any atom is 0.407 e. The third-order valence-corrected chi connectivity index (χ3v) is 14.7. The molecule has 3 fully saturated rings. The number of H-pyrrole nitrogens is 2. The molecule has 72 heavy (non-hydrogen) atoms. The van der Waals surface area contributed by atoms with Crippen LogP contribution in [0.3, 0.4) is 0 Å². The number of nitrogens with one attached hydrogen (secondary N) is 4. The van der Waals surface area contributed by atoms with Gasteiger partial charge in [0.1, 0.15) is 35.9 Å². The summed E-state index contributed by atoms with van der Waals surface area (Å²) in [5.74, 6) is 0.614. The molecule has 17 heteroatoms. The second-order valence-electron chi connectivity index (χ2n) is 21.0. The van der Waals surface area contributed by atoms with Gasteiger partial charge < -0.3 is 54.6 Å². The Kier molecular flexibility index (Phi) is 15.5. The topological polar surface area (TPSA) is 207 Å². The highest BCUT2D eigenvalue weighted by atomic mass is 16.5. The first-order valence-electron chi connectivity index (χ1n) is 25.1. The van der Waals surface area contributed by atoms with Crippen molar-refractivity contribution in [3.63, 3.8) is 0 Å². The van der Waals surface area contributed by atoms with Crippen molar-refractivity contribution in [3.8, 4) is 22.5 Å². The van der Waals surface area contributed by atoms with Crippen molar-refractivity contribution < 1.29 is 38.5 Å². The van der Waals surface area contributed by atoms with Crippen LogP contribution in [0.2, 0.25) is 0 Å². The molecule has 5 aromatic rings. The molecule has 8 rings (SSSR count). The van der Waals surface area contributed by atoms with Gasteiger partial charge in [0.05, 0.1) is 42.7 Å². The number of hydrogen-bond acceptors (Lipinski definition) is 10. The Morgan fingerprint density at radius 3 is 1.46 bits per heavy atom. The molecule has 5 heterocycles. The number of nitrogens with zero attached hydrogens (tertiary/aromatic N) is 5. The fraction of sp³-hybridized carbons (Fsp3) is 0.491. The summed E-state index contributed by atoms with van der Waals surface area (Å²) in [4.78, 5) is 73.9. The number of benzene rings is 3. The first-order valence-corrected chi connectivity index (χ1v) is 25.1. The van der Waals surface area contributed by atoms with E-state index in [1.54, 1.807) is 19.1 Å². The highest BCUT2D eigenvalue weighted by Gasteiger charge is 2.51. The van der Waals surface area contributed by atoms with E-state index in [1.807, 2.05) is 45.0 Å². The molecule has 0 bridgehead atoms. The van der Waals surface area contributed by atoms with Gasteiger partial charge >= 0.3 is 12.2 Å². The van der Waals surface area contributed by atoms with Gasteiger partial charge in [-0.05, 0) is 71.8 Å². The number of rotatable bonds is 15. The Bertz CT molecular complexity index is 2680. The van der Waals surface area contributed by atoms with Crippen LogP contribution in [0.4, 0.5) is 15.3 Å². The van der Waals surface area contributed by atoms with E-state index in [2.05, 4.69) is 119 Å². The Labute approximate surface area is 422 Å². The van der Waals surface area contributed by atoms with Crippen LogP contribution >= 0.6 is 0 Å². The third-order valence-electron chi connectivity index (χ3n) is 14.7. The number of amides is 4. The van der Waals surface area contributed by atoms with Crippen LogP contribution in [0.1, 0.15) is 127 Å². The number of aromatic nitrogens is 4. The van der Waals surface area contributed by atoms with Gasteiger partial charge in [-0.25, -0.2) is 19.6 Å². The Morgan fingerprint density at radius 2 is 1.08 bits per heavy atom. The second kappa shape index (κ2) is 21.6. The van der Waals surface area contributed by atoms with Crippen LogP contribution in [0.5, 0.6) is 0 Å². The van der Waals surface area contributed by atoms with Crippen LogP contribution < -0.4 is 15.5 Å². The van der Waals surface area contributed by atoms with Gasteiger partial charge in [0.25, 0.3) is 0 Å². The zero-order valence-corrected chi connectivity index (χ0v) is 43.1. The molecule has 8 atom stereocenters. The summed E-state index contributed by atoms with van der Waals surface area (Å²) in [6.45, 7) is 15.2. The molecule has 0 aliphatic carbocycles. The normalized spacial score (nSPS) is 22.1. The second-order valence-corrected chi connectivity index (χ2v) is 21.0. The zero-order valence-electron chi connectivity index (χ0n) is 43.1. The van der Waals surface area contributed by atoms with E-state index >= 15 is 0 Å². The van der Waals surface area contributed by atoms with Gasteiger partial charge in [-0.15, -0.1) is 0 Å². The molecule has 0 spiro atoms. The van der Waals surface area contributed by atoms with Gasteiger partial charge in [-0.2, -0.15) is 0 Å². The summed E-state index contributed by atoms with van der Waals surface area (Å²) in [6.07, 6.45) is 4.23. The number of imidazole rings is 2. The van der Waals surface area contributed by atoms with Crippen molar-refractivity contribution in [3.05, 3.63) is 114 Å². The molecule has 2 aromatic heterocycles. The molecular formula is C55H71N9O8. The van der Waals surface area contributed by atoms with Crippen molar-refractivity contribution in [1.29, 1.82) is 0 Å². The third kappa shape index (κ3) is 10.4. The van der Waals surface area contributed by atoms with Crippen LogP contribution in [0.25, 0.3) is 22.5 Å². The fourth-order valence-electron chi connectivity index (χ4n) is 10.9. The zero-order chi connectivity index (χ0) is 51.6. The Balaban J connectivity index is 1.07. The van der Waals surface area contributed by atoms with Gasteiger partial charge in [0, 0.05) is 56.5 Å². The number of methoxy groups -OCH3 is 3. The minimum atomic E-state index is -1.22. The first kappa shape index (κ1) is 51.6. The number of likely N-dealkylation sites (tertiary alicyclic amines) is 2. The minimum absolute atomic E-state index is 0.0418. The largest absolute Gasteiger partial charge is 0.465 e. The number of alkyl carbamates (subject to hydrolysis) is 1. The maximum atomic E-state index is 13.8. The number of carboxylic acid groups (broad SMARTS) is 1. The highest BCUT2D eigenvalue weighted by molar-refractivity contribution is 5.87. The van der Waals surface area contributed by atoms with Crippen molar-refractivity contribution in [2.45, 2.75) is 128 Å². The van der Waals surface area contributed by atoms with Crippen LogP contribution in [-0.2, 0) is 29.2 Å². The predicted molar refractivity (Wildman–Crippen MR) is 274 cm³/mol. The first-order chi connectivity index (χ1) is 34.4. The summed E-state index contributed by atoms with van der Waals surface area (Å²) >= 11 is 0.